The van der Waals surface area contributed by atoms with E-state index in [1.807, 2.05) is 38.9 Å². The summed E-state index contributed by atoms with van der Waals surface area (Å²) in [7, 11) is 5.45. The van der Waals surface area contributed by atoms with Crippen molar-refractivity contribution in [3.05, 3.63) is 62.9 Å². The van der Waals surface area contributed by atoms with Gasteiger partial charge in [0, 0.05) is 24.8 Å². The number of pyridine rings is 1. The maximum atomic E-state index is 13.6. The summed E-state index contributed by atoms with van der Waals surface area (Å²) >= 11 is 0. The van der Waals surface area contributed by atoms with Gasteiger partial charge in [-0.3, -0.25) is 4.79 Å². The van der Waals surface area contributed by atoms with E-state index >= 15 is 0 Å². The first-order valence-corrected chi connectivity index (χ1v) is 10.1. The molecule has 0 amide bonds. The van der Waals surface area contributed by atoms with Gasteiger partial charge in [-0.25, -0.2) is 0 Å². The SMILES string of the molecule is CCOc1ccc([C@@H]2C(C#N)=C(N)Oc3cc(C)n(CCN(C)C)c(=O)c32)cc1OC. The van der Waals surface area contributed by atoms with Crippen LogP contribution in [0.1, 0.15) is 29.7 Å². The van der Waals surface area contributed by atoms with Crippen molar-refractivity contribution in [3.8, 4) is 23.3 Å². The molecule has 2 heterocycles. The van der Waals surface area contributed by atoms with Crippen LogP contribution in [0, 0.1) is 18.3 Å². The number of likely N-dealkylation sites (N-methyl/N-ethyl adjacent to an activating group) is 1. The fraction of sp³-hybridized carbons (Fsp3) is 0.391. The molecule has 8 nitrogen and oxygen atoms in total. The third kappa shape index (κ3) is 4.23. The molecule has 2 aromatic rings. The van der Waals surface area contributed by atoms with Crippen molar-refractivity contribution in [3.63, 3.8) is 0 Å². The van der Waals surface area contributed by atoms with E-state index in [-0.39, 0.29) is 17.0 Å². The number of nitrogens with zero attached hydrogens (tertiary/aromatic N) is 3. The van der Waals surface area contributed by atoms with Gasteiger partial charge in [0.05, 0.1) is 25.2 Å². The highest BCUT2D eigenvalue weighted by Crippen LogP contribution is 2.42. The summed E-state index contributed by atoms with van der Waals surface area (Å²) in [6.07, 6.45) is 0. The first kappa shape index (κ1) is 22.2. The van der Waals surface area contributed by atoms with Crippen LogP contribution >= 0.6 is 0 Å². The molecule has 8 heteroatoms. The smallest absolute Gasteiger partial charge is 0.258 e. The van der Waals surface area contributed by atoms with E-state index in [0.717, 1.165) is 5.69 Å². The number of rotatable bonds is 7. The van der Waals surface area contributed by atoms with Gasteiger partial charge in [0.25, 0.3) is 5.56 Å². The molecule has 1 aliphatic heterocycles. The number of aryl methyl sites for hydroxylation is 1. The predicted octanol–water partition coefficient (Wildman–Crippen LogP) is 2.34. The van der Waals surface area contributed by atoms with E-state index in [9.17, 15) is 10.1 Å². The summed E-state index contributed by atoms with van der Waals surface area (Å²) in [6, 6.07) is 9.30. The van der Waals surface area contributed by atoms with Crippen LogP contribution in [0.15, 0.2) is 40.5 Å². The van der Waals surface area contributed by atoms with Gasteiger partial charge >= 0.3 is 0 Å². The maximum Gasteiger partial charge on any atom is 0.258 e. The molecule has 31 heavy (non-hydrogen) atoms. The van der Waals surface area contributed by atoms with Crippen LogP contribution in [-0.4, -0.2) is 43.8 Å². The molecule has 0 saturated heterocycles. The molecule has 1 aromatic carbocycles. The first-order valence-electron chi connectivity index (χ1n) is 10.1. The van der Waals surface area contributed by atoms with Crippen LogP contribution in [0.5, 0.6) is 17.2 Å². The number of allylic oxidation sites excluding steroid dienone is 1. The Morgan fingerprint density at radius 1 is 1.29 bits per heavy atom. The number of aromatic nitrogens is 1. The van der Waals surface area contributed by atoms with E-state index in [2.05, 4.69) is 6.07 Å². The summed E-state index contributed by atoms with van der Waals surface area (Å²) in [5.74, 6) is 0.805. The molecule has 0 aliphatic carbocycles. The van der Waals surface area contributed by atoms with E-state index in [4.69, 9.17) is 19.9 Å². The first-order chi connectivity index (χ1) is 14.8. The third-order valence-corrected chi connectivity index (χ3v) is 5.28. The van der Waals surface area contributed by atoms with E-state index in [0.29, 0.717) is 48.1 Å². The topological polar surface area (TPSA) is 103 Å². The molecule has 1 aromatic heterocycles. The second-order valence-electron chi connectivity index (χ2n) is 7.59. The Bertz CT molecular complexity index is 1110. The zero-order valence-corrected chi connectivity index (χ0v) is 18.6. The van der Waals surface area contributed by atoms with Gasteiger partial charge in [-0.15, -0.1) is 0 Å². The predicted molar refractivity (Wildman–Crippen MR) is 117 cm³/mol. The Labute approximate surface area is 182 Å². The van der Waals surface area contributed by atoms with Crippen molar-refractivity contribution in [1.29, 1.82) is 5.26 Å². The summed E-state index contributed by atoms with van der Waals surface area (Å²) in [5, 5.41) is 9.84. The average molecular weight is 425 g/mol. The van der Waals surface area contributed by atoms with Crippen molar-refractivity contribution in [2.24, 2.45) is 5.73 Å². The fourth-order valence-electron chi connectivity index (χ4n) is 3.74. The minimum absolute atomic E-state index is 0.00214. The van der Waals surface area contributed by atoms with Crippen LogP contribution in [-0.2, 0) is 6.54 Å². The zero-order valence-electron chi connectivity index (χ0n) is 18.6. The summed E-state index contributed by atoms with van der Waals surface area (Å²) in [6.45, 7) is 5.45. The number of ether oxygens (including phenoxy) is 3. The van der Waals surface area contributed by atoms with Gasteiger partial charge in [0.15, 0.2) is 11.5 Å². The number of hydrogen-bond donors (Lipinski definition) is 1. The summed E-state index contributed by atoms with van der Waals surface area (Å²) in [5.41, 5.74) is 7.93. The molecule has 0 saturated carbocycles. The van der Waals surface area contributed by atoms with Gasteiger partial charge in [-0.2, -0.15) is 5.26 Å². The largest absolute Gasteiger partial charge is 0.493 e. The molecular weight excluding hydrogens is 396 g/mol. The van der Waals surface area contributed by atoms with Crippen LogP contribution in [0.4, 0.5) is 0 Å². The second kappa shape index (κ2) is 9.14. The van der Waals surface area contributed by atoms with Gasteiger partial charge in [-0.1, -0.05) is 6.07 Å². The van der Waals surface area contributed by atoms with Crippen LogP contribution < -0.4 is 25.5 Å². The van der Waals surface area contributed by atoms with Crippen molar-refractivity contribution >= 4 is 0 Å². The van der Waals surface area contributed by atoms with Gasteiger partial charge < -0.3 is 29.4 Å². The Morgan fingerprint density at radius 3 is 2.65 bits per heavy atom. The number of methoxy groups -OCH3 is 1. The highest BCUT2D eigenvalue weighted by Gasteiger charge is 2.34. The molecule has 164 valence electrons. The number of benzene rings is 1. The molecular formula is C23H28N4O4. The van der Waals surface area contributed by atoms with Crippen molar-refractivity contribution in [2.45, 2.75) is 26.3 Å². The monoisotopic (exact) mass is 424 g/mol. The number of nitriles is 1. The molecule has 0 radical (unpaired) electrons. The quantitative estimate of drug-likeness (QED) is 0.728. The lowest BCUT2D eigenvalue weighted by Crippen LogP contribution is -2.34. The van der Waals surface area contributed by atoms with Crippen molar-refractivity contribution in [2.75, 3.05) is 34.4 Å². The standard InChI is InChI=1S/C23H28N4O4/c1-6-30-17-8-7-15(12-18(17)29-5)20-16(13-24)22(25)31-19-11-14(2)27(10-9-26(3)4)23(28)21(19)20/h7-8,11-12,20H,6,9-10,25H2,1-5H3/t20-/m1/s1. The number of nitrogens with two attached hydrogens (primary N) is 1. The average Bonchev–Trinajstić information content (AvgIpc) is 2.73. The number of fused-ring (bicyclic) bond motifs is 1. The van der Waals surface area contributed by atoms with Gasteiger partial charge in [0.2, 0.25) is 5.88 Å². The lowest BCUT2D eigenvalue weighted by atomic mass is 9.84. The molecule has 3 rings (SSSR count). The van der Waals surface area contributed by atoms with E-state index in [1.54, 1.807) is 29.9 Å². The van der Waals surface area contributed by atoms with Crippen LogP contribution in [0.2, 0.25) is 0 Å². The van der Waals surface area contributed by atoms with E-state index in [1.165, 1.54) is 0 Å². The lowest BCUT2D eigenvalue weighted by molar-refractivity contribution is 0.310. The van der Waals surface area contributed by atoms with Gasteiger partial charge in [0.1, 0.15) is 17.4 Å². The Hall–Kier alpha value is -3.44. The molecule has 1 atom stereocenters. The van der Waals surface area contributed by atoms with E-state index < -0.39 is 5.92 Å². The molecule has 0 fully saturated rings. The van der Waals surface area contributed by atoms with Crippen LogP contribution in [0.25, 0.3) is 0 Å². The third-order valence-electron chi connectivity index (χ3n) is 5.28. The highest BCUT2D eigenvalue weighted by molar-refractivity contribution is 5.57. The zero-order chi connectivity index (χ0) is 22.7. The molecule has 0 bridgehead atoms. The van der Waals surface area contributed by atoms with Crippen molar-refractivity contribution in [1.82, 2.24) is 9.47 Å². The van der Waals surface area contributed by atoms with Crippen molar-refractivity contribution < 1.29 is 14.2 Å². The maximum absolute atomic E-state index is 13.6. The fourth-order valence-corrected chi connectivity index (χ4v) is 3.74. The molecule has 0 unspecified atom stereocenters. The Morgan fingerprint density at radius 2 is 2.03 bits per heavy atom. The minimum atomic E-state index is -0.669. The summed E-state index contributed by atoms with van der Waals surface area (Å²) < 4.78 is 18.5. The molecule has 1 aliphatic rings. The second-order valence-corrected chi connectivity index (χ2v) is 7.59. The van der Waals surface area contributed by atoms with Gasteiger partial charge in [-0.05, 0) is 45.6 Å². The van der Waals surface area contributed by atoms with Crippen LogP contribution in [0.3, 0.4) is 0 Å². The highest BCUT2D eigenvalue weighted by atomic mass is 16.5. The lowest BCUT2D eigenvalue weighted by Gasteiger charge is -2.28. The minimum Gasteiger partial charge on any atom is -0.493 e. The summed E-state index contributed by atoms with van der Waals surface area (Å²) in [4.78, 5) is 15.6. The molecule has 2 N–H and O–H groups in total. The normalized spacial score (nSPS) is 15.3. The number of hydrogen-bond acceptors (Lipinski definition) is 7. The Balaban J connectivity index is 2.22. The molecule has 0 spiro atoms. The Kier molecular flexibility index (Phi) is 6.56.